The van der Waals surface area contributed by atoms with E-state index in [0.29, 0.717) is 35.3 Å². The van der Waals surface area contributed by atoms with Crippen molar-refractivity contribution in [1.82, 2.24) is 10.1 Å². The lowest BCUT2D eigenvalue weighted by molar-refractivity contribution is -0.125. The summed E-state index contributed by atoms with van der Waals surface area (Å²) in [6.07, 6.45) is 0.0113. The highest BCUT2D eigenvalue weighted by atomic mass is 16.6. The number of amides is 1. The second kappa shape index (κ2) is 6.87. The van der Waals surface area contributed by atoms with Gasteiger partial charge in [0.15, 0.2) is 17.3 Å². The van der Waals surface area contributed by atoms with Crippen LogP contribution in [0, 0.1) is 0 Å². The Morgan fingerprint density at radius 3 is 2.65 bits per heavy atom. The number of hydrogen-bond donors (Lipinski definition) is 1. The first-order chi connectivity index (χ1) is 12.7. The minimum Gasteiger partial charge on any atom is -0.485 e. The lowest BCUT2D eigenvalue weighted by Crippen LogP contribution is -2.40. The molecule has 0 spiro atoms. The Balaban J connectivity index is 1.42. The van der Waals surface area contributed by atoms with Gasteiger partial charge in [-0.3, -0.25) is 4.79 Å². The van der Waals surface area contributed by atoms with Gasteiger partial charge in [0.2, 0.25) is 6.10 Å². The second-order valence-electron chi connectivity index (χ2n) is 5.80. The number of carbonyl (C=O) groups is 1. The Morgan fingerprint density at radius 2 is 1.92 bits per heavy atom. The molecule has 1 N–H and O–H groups in total. The zero-order valence-electron chi connectivity index (χ0n) is 14.1. The van der Waals surface area contributed by atoms with Crippen LogP contribution in [0.2, 0.25) is 0 Å². The third-order valence-electron chi connectivity index (χ3n) is 3.98. The normalized spacial score (nSPS) is 15.5. The quantitative estimate of drug-likeness (QED) is 0.777. The number of ether oxygens (including phenoxy) is 2. The van der Waals surface area contributed by atoms with Crippen molar-refractivity contribution in [2.24, 2.45) is 0 Å². The van der Waals surface area contributed by atoms with Gasteiger partial charge in [0.1, 0.15) is 6.61 Å². The van der Waals surface area contributed by atoms with Gasteiger partial charge in [0.25, 0.3) is 11.8 Å². The molecule has 2 heterocycles. The molecule has 0 saturated heterocycles. The molecule has 3 aromatic rings. The minimum absolute atomic E-state index is 0.169. The molecule has 2 aromatic carbocycles. The van der Waals surface area contributed by atoms with Crippen LogP contribution in [0.3, 0.4) is 0 Å². The van der Waals surface area contributed by atoms with Gasteiger partial charge in [-0.05, 0) is 36.4 Å². The molecule has 132 valence electrons. The van der Waals surface area contributed by atoms with Crippen molar-refractivity contribution in [2.75, 3.05) is 11.9 Å². The summed E-state index contributed by atoms with van der Waals surface area (Å²) in [6, 6.07) is 14.5. The van der Waals surface area contributed by atoms with E-state index >= 15 is 0 Å². The molecule has 1 amide bonds. The van der Waals surface area contributed by atoms with Crippen molar-refractivity contribution in [3.63, 3.8) is 0 Å². The molecular weight excluding hydrogens is 334 g/mol. The van der Waals surface area contributed by atoms with Gasteiger partial charge in [-0.2, -0.15) is 4.98 Å². The zero-order valence-corrected chi connectivity index (χ0v) is 14.1. The van der Waals surface area contributed by atoms with Crippen molar-refractivity contribution in [1.29, 1.82) is 0 Å². The Bertz CT molecular complexity index is 921. The van der Waals surface area contributed by atoms with E-state index in [1.165, 1.54) is 0 Å². The van der Waals surface area contributed by atoms with Crippen LogP contribution in [-0.4, -0.2) is 28.8 Å². The molecule has 0 fully saturated rings. The monoisotopic (exact) mass is 351 g/mol. The fourth-order valence-electron chi connectivity index (χ4n) is 2.58. The van der Waals surface area contributed by atoms with Crippen LogP contribution < -0.4 is 14.8 Å². The number of nitrogens with one attached hydrogen (secondary N) is 1. The molecule has 1 atom stereocenters. The summed E-state index contributed by atoms with van der Waals surface area (Å²) in [5.74, 6) is 2.06. The lowest BCUT2D eigenvalue weighted by atomic mass is 10.2. The van der Waals surface area contributed by atoms with Crippen LogP contribution >= 0.6 is 0 Å². The van der Waals surface area contributed by atoms with Gasteiger partial charge in [-0.1, -0.05) is 24.2 Å². The van der Waals surface area contributed by atoms with E-state index < -0.39 is 6.10 Å². The summed E-state index contributed by atoms with van der Waals surface area (Å²) in [5, 5.41) is 6.70. The fraction of sp³-hybridized carbons (Fsp3) is 0.211. The molecule has 1 unspecified atom stereocenters. The van der Waals surface area contributed by atoms with Crippen molar-refractivity contribution < 1.29 is 18.8 Å². The molecule has 26 heavy (non-hydrogen) atoms. The second-order valence-corrected chi connectivity index (χ2v) is 5.80. The maximum Gasteiger partial charge on any atom is 0.269 e. The summed E-state index contributed by atoms with van der Waals surface area (Å²) in [5.41, 5.74) is 1.44. The van der Waals surface area contributed by atoms with Crippen LogP contribution in [0.5, 0.6) is 11.5 Å². The summed E-state index contributed by atoms with van der Waals surface area (Å²) in [6.45, 7) is 2.13. The largest absolute Gasteiger partial charge is 0.485 e. The highest BCUT2D eigenvalue weighted by Crippen LogP contribution is 2.31. The summed E-state index contributed by atoms with van der Waals surface area (Å²) in [7, 11) is 0. The molecule has 7 heteroatoms. The number of hydrogen-bond acceptors (Lipinski definition) is 6. The van der Waals surface area contributed by atoms with Gasteiger partial charge in [-0.25, -0.2) is 0 Å². The third-order valence-corrected chi connectivity index (χ3v) is 3.98. The van der Waals surface area contributed by atoms with Crippen molar-refractivity contribution in [3.05, 3.63) is 54.4 Å². The molecule has 0 bridgehead atoms. The van der Waals surface area contributed by atoms with Crippen molar-refractivity contribution in [3.8, 4) is 23.0 Å². The summed E-state index contributed by atoms with van der Waals surface area (Å²) in [4.78, 5) is 16.7. The van der Waals surface area contributed by atoms with Gasteiger partial charge in [-0.15, -0.1) is 0 Å². The maximum atomic E-state index is 12.4. The molecule has 1 aromatic heterocycles. The first-order valence-corrected chi connectivity index (χ1v) is 8.35. The number of fused-ring (bicyclic) bond motifs is 1. The average Bonchev–Trinajstić information content (AvgIpc) is 3.17. The number of nitrogens with zero attached hydrogens (tertiary/aromatic N) is 2. The fourth-order valence-corrected chi connectivity index (χ4v) is 2.58. The van der Waals surface area contributed by atoms with E-state index in [9.17, 15) is 4.79 Å². The van der Waals surface area contributed by atoms with E-state index in [2.05, 4.69) is 15.5 Å². The van der Waals surface area contributed by atoms with Crippen LogP contribution in [0.1, 0.15) is 12.7 Å². The SMILES string of the molecule is CCc1noc(-c2ccc(NC(=O)C3COc4ccccc4O3)cc2)n1. The highest BCUT2D eigenvalue weighted by Gasteiger charge is 2.27. The third kappa shape index (κ3) is 3.23. The maximum absolute atomic E-state index is 12.4. The van der Waals surface area contributed by atoms with E-state index in [1.54, 1.807) is 18.2 Å². The predicted molar refractivity (Wildman–Crippen MR) is 94.1 cm³/mol. The zero-order chi connectivity index (χ0) is 17.9. The minimum atomic E-state index is -0.701. The molecule has 4 rings (SSSR count). The number of rotatable bonds is 4. The molecule has 1 aliphatic heterocycles. The first kappa shape index (κ1) is 16.1. The average molecular weight is 351 g/mol. The standard InChI is InChI=1S/C19H17N3O4/c1-2-17-21-19(26-22-17)12-7-9-13(10-8-12)20-18(23)16-11-24-14-5-3-4-6-15(14)25-16/h3-10,16H,2,11H2,1H3,(H,20,23). The smallest absolute Gasteiger partial charge is 0.269 e. The van der Waals surface area contributed by atoms with Gasteiger partial charge in [0, 0.05) is 17.7 Å². The Hall–Kier alpha value is -3.35. The molecule has 1 aliphatic rings. The van der Waals surface area contributed by atoms with E-state index in [1.807, 2.05) is 37.3 Å². The van der Waals surface area contributed by atoms with Crippen molar-refractivity contribution in [2.45, 2.75) is 19.4 Å². The number of para-hydroxylation sites is 2. The molecular formula is C19H17N3O4. The summed E-state index contributed by atoms with van der Waals surface area (Å²) >= 11 is 0. The Kier molecular flexibility index (Phi) is 4.27. The number of aromatic nitrogens is 2. The van der Waals surface area contributed by atoms with Gasteiger partial charge >= 0.3 is 0 Å². The number of aryl methyl sites for hydroxylation is 1. The Morgan fingerprint density at radius 1 is 1.15 bits per heavy atom. The van der Waals surface area contributed by atoms with Crippen molar-refractivity contribution >= 4 is 11.6 Å². The van der Waals surface area contributed by atoms with Crippen LogP contribution in [0.4, 0.5) is 5.69 Å². The number of anilines is 1. The van der Waals surface area contributed by atoms with E-state index in [-0.39, 0.29) is 12.5 Å². The highest BCUT2D eigenvalue weighted by molar-refractivity contribution is 5.94. The molecule has 0 saturated carbocycles. The Labute approximate surface area is 149 Å². The summed E-state index contributed by atoms with van der Waals surface area (Å²) < 4.78 is 16.5. The van der Waals surface area contributed by atoms with Gasteiger partial charge < -0.3 is 19.3 Å². The van der Waals surface area contributed by atoms with E-state index in [0.717, 1.165) is 5.56 Å². The predicted octanol–water partition coefficient (Wildman–Crippen LogP) is 3.08. The molecule has 7 nitrogen and oxygen atoms in total. The number of carbonyl (C=O) groups excluding carboxylic acids is 1. The lowest BCUT2D eigenvalue weighted by Gasteiger charge is -2.25. The molecule has 0 aliphatic carbocycles. The van der Waals surface area contributed by atoms with E-state index in [4.69, 9.17) is 14.0 Å². The molecule has 0 radical (unpaired) electrons. The van der Waals surface area contributed by atoms with Crippen LogP contribution in [-0.2, 0) is 11.2 Å². The first-order valence-electron chi connectivity index (χ1n) is 8.35. The number of benzene rings is 2. The van der Waals surface area contributed by atoms with Gasteiger partial charge in [0.05, 0.1) is 0 Å². The topological polar surface area (TPSA) is 86.5 Å². The van der Waals surface area contributed by atoms with Crippen LogP contribution in [0.15, 0.2) is 53.1 Å². The van der Waals surface area contributed by atoms with Crippen LogP contribution in [0.25, 0.3) is 11.5 Å².